The lowest BCUT2D eigenvalue weighted by molar-refractivity contribution is -0.304. The van der Waals surface area contributed by atoms with Crippen molar-refractivity contribution in [3.8, 4) is 0 Å². The molecular weight excluding hydrogens is 522 g/mol. The minimum atomic E-state index is -0.979. The molecule has 2 fully saturated rings. The maximum absolute atomic E-state index is 13.5. The number of ether oxygens (including phenoxy) is 2. The van der Waals surface area contributed by atoms with Gasteiger partial charge in [-0.05, 0) is 46.0 Å². The highest BCUT2D eigenvalue weighted by atomic mass is 16.7. The zero-order chi connectivity index (χ0) is 30.6. The first-order valence-electron chi connectivity index (χ1n) is 16.1. The van der Waals surface area contributed by atoms with Gasteiger partial charge in [-0.2, -0.15) is 0 Å². The predicted octanol–water partition coefficient (Wildman–Crippen LogP) is 6.15. The Hall–Kier alpha value is -1.87. The normalized spacial score (nSPS) is 25.5. The van der Waals surface area contributed by atoms with Crippen molar-refractivity contribution in [1.29, 1.82) is 0 Å². The Morgan fingerprint density at radius 3 is 2.17 bits per heavy atom. The second-order valence-corrected chi connectivity index (χ2v) is 14.1. The second kappa shape index (κ2) is 16.7. The van der Waals surface area contributed by atoms with Crippen LogP contribution in [0.1, 0.15) is 132 Å². The molecule has 0 bridgehead atoms. The molecule has 1 aliphatic heterocycles. The van der Waals surface area contributed by atoms with Crippen molar-refractivity contribution < 1.29 is 29.0 Å². The molecule has 1 saturated carbocycles. The smallest absolute Gasteiger partial charge is 0.315 e. The Balaban J connectivity index is 1.98. The van der Waals surface area contributed by atoms with Gasteiger partial charge in [-0.15, -0.1) is 0 Å². The number of carbonyl (C=O) groups is 3. The Bertz CT molecular complexity index is 830. The number of aliphatic carboxylic acids is 1. The van der Waals surface area contributed by atoms with E-state index in [0.29, 0.717) is 6.61 Å². The third kappa shape index (κ3) is 12.9. The van der Waals surface area contributed by atoms with E-state index in [1.165, 1.54) is 32.1 Å². The van der Waals surface area contributed by atoms with Gasteiger partial charge in [-0.25, -0.2) is 4.79 Å². The van der Waals surface area contributed by atoms with Crippen molar-refractivity contribution >= 4 is 17.9 Å². The zero-order valence-electron chi connectivity index (χ0n) is 26.9. The molecule has 3 amide bonds. The van der Waals surface area contributed by atoms with Gasteiger partial charge in [0.15, 0.2) is 5.79 Å². The van der Waals surface area contributed by atoms with Crippen LogP contribution in [-0.4, -0.2) is 59.6 Å². The molecule has 0 aromatic rings. The van der Waals surface area contributed by atoms with Crippen LogP contribution in [0, 0.1) is 17.3 Å². The lowest BCUT2D eigenvalue weighted by Crippen LogP contribution is -2.60. The quantitative estimate of drug-likeness (QED) is 0.136. The zero-order valence-corrected chi connectivity index (χ0v) is 26.9. The fourth-order valence-electron chi connectivity index (χ4n) is 6.11. The average molecular weight is 582 g/mol. The van der Waals surface area contributed by atoms with Crippen LogP contribution in [0.2, 0.25) is 0 Å². The van der Waals surface area contributed by atoms with E-state index in [2.05, 4.69) is 29.8 Å². The Morgan fingerprint density at radius 1 is 0.878 bits per heavy atom. The lowest BCUT2D eigenvalue weighted by atomic mass is 9.83. The number of carbonyl (C=O) groups excluding carboxylic acids is 2. The van der Waals surface area contributed by atoms with Crippen molar-refractivity contribution in [2.24, 2.45) is 17.3 Å². The third-order valence-electron chi connectivity index (χ3n) is 8.56. The number of unbranched alkanes of at least 4 members (excludes halogenated alkanes) is 4. The first kappa shape index (κ1) is 35.3. The first-order chi connectivity index (χ1) is 19.2. The molecule has 2 aliphatic rings. The Morgan fingerprint density at radius 2 is 1.51 bits per heavy atom. The number of rotatable bonds is 15. The van der Waals surface area contributed by atoms with Gasteiger partial charge in [0.25, 0.3) is 0 Å². The topological polar surface area (TPSA) is 126 Å². The molecule has 4 N–H and O–H groups in total. The fraction of sp³-hybridized carbons (Fsp3) is 0.906. The molecule has 0 aromatic heterocycles. The second-order valence-electron chi connectivity index (χ2n) is 14.1. The maximum atomic E-state index is 13.5. The summed E-state index contributed by atoms with van der Waals surface area (Å²) < 4.78 is 11.8. The molecule has 5 atom stereocenters. The Labute approximate surface area is 248 Å². The molecule has 0 spiro atoms. The van der Waals surface area contributed by atoms with E-state index >= 15 is 0 Å². The van der Waals surface area contributed by atoms with Gasteiger partial charge in [-0.3, -0.25) is 9.59 Å². The van der Waals surface area contributed by atoms with Gasteiger partial charge in [0, 0.05) is 29.5 Å². The van der Waals surface area contributed by atoms with Crippen LogP contribution in [0.15, 0.2) is 0 Å². The van der Waals surface area contributed by atoms with Crippen molar-refractivity contribution in [2.75, 3.05) is 6.61 Å². The van der Waals surface area contributed by atoms with Gasteiger partial charge in [0.2, 0.25) is 5.91 Å². The van der Waals surface area contributed by atoms with Crippen LogP contribution >= 0.6 is 0 Å². The van der Waals surface area contributed by atoms with Crippen molar-refractivity contribution in [3.63, 3.8) is 0 Å². The summed E-state index contributed by atoms with van der Waals surface area (Å²) in [5.41, 5.74) is -0.571. The molecule has 0 radical (unpaired) electrons. The van der Waals surface area contributed by atoms with E-state index in [1.54, 1.807) is 13.8 Å². The van der Waals surface area contributed by atoms with Crippen LogP contribution in [0.3, 0.4) is 0 Å². The van der Waals surface area contributed by atoms with Gasteiger partial charge >= 0.3 is 12.0 Å². The molecule has 2 rings (SSSR count). The number of amides is 3. The number of hydrogen-bond donors (Lipinski definition) is 4. The van der Waals surface area contributed by atoms with E-state index in [-0.39, 0.29) is 36.4 Å². The molecule has 1 heterocycles. The molecule has 1 aliphatic carbocycles. The molecule has 9 nitrogen and oxygen atoms in total. The minimum absolute atomic E-state index is 0.0562. The van der Waals surface area contributed by atoms with Gasteiger partial charge < -0.3 is 30.5 Å². The highest BCUT2D eigenvalue weighted by Crippen LogP contribution is 2.35. The summed E-state index contributed by atoms with van der Waals surface area (Å²) in [4.78, 5) is 38.5. The highest BCUT2D eigenvalue weighted by Gasteiger charge is 2.47. The van der Waals surface area contributed by atoms with Crippen molar-refractivity contribution in [3.05, 3.63) is 0 Å². The average Bonchev–Trinajstić information content (AvgIpc) is 3.09. The largest absolute Gasteiger partial charge is 0.481 e. The molecular formula is C32H59N3O6. The third-order valence-corrected chi connectivity index (χ3v) is 8.56. The van der Waals surface area contributed by atoms with E-state index < -0.39 is 29.3 Å². The first-order valence-corrected chi connectivity index (χ1v) is 16.1. The summed E-state index contributed by atoms with van der Waals surface area (Å²) in [7, 11) is 0. The summed E-state index contributed by atoms with van der Waals surface area (Å²) >= 11 is 0. The standard InChI is InChI=1S/C32H59N3O6/c1-22(2)16-12-9-8-10-13-17-23(3)33-30(39)35-25-19-15-11-14-18-24(25)26(20-27(36)37)34-29(38)28-31(4,5)21-40-32(6,7)41-28/h22-26,28H,8-21H2,1-7H3,(H,34,38)(H,36,37)(H2,33,35,39). The molecule has 238 valence electrons. The van der Waals surface area contributed by atoms with Crippen molar-refractivity contribution in [1.82, 2.24) is 16.0 Å². The summed E-state index contributed by atoms with van der Waals surface area (Å²) in [5, 5.41) is 19.0. The maximum Gasteiger partial charge on any atom is 0.315 e. The summed E-state index contributed by atoms with van der Waals surface area (Å²) in [6.07, 6.45) is 11.7. The van der Waals surface area contributed by atoms with Crippen LogP contribution in [0.4, 0.5) is 4.79 Å². The highest BCUT2D eigenvalue weighted by molar-refractivity contribution is 5.83. The molecule has 0 aromatic carbocycles. The van der Waals surface area contributed by atoms with Crippen LogP contribution < -0.4 is 16.0 Å². The summed E-state index contributed by atoms with van der Waals surface area (Å²) in [6, 6.07) is -1.01. The molecule has 41 heavy (non-hydrogen) atoms. The number of urea groups is 1. The van der Waals surface area contributed by atoms with Crippen molar-refractivity contribution in [2.45, 2.75) is 162 Å². The van der Waals surface area contributed by atoms with E-state index in [0.717, 1.165) is 50.9 Å². The predicted molar refractivity (Wildman–Crippen MR) is 162 cm³/mol. The van der Waals surface area contributed by atoms with Gasteiger partial charge in [0.1, 0.15) is 6.10 Å². The molecule has 9 heteroatoms. The molecule has 5 unspecified atom stereocenters. The van der Waals surface area contributed by atoms with Crippen LogP contribution in [0.5, 0.6) is 0 Å². The van der Waals surface area contributed by atoms with Crippen LogP contribution in [0.25, 0.3) is 0 Å². The van der Waals surface area contributed by atoms with E-state index in [1.807, 2.05) is 20.8 Å². The Kier molecular flexibility index (Phi) is 14.4. The SMILES string of the molecule is CC(C)CCCCCCCC(C)NC(=O)NC1CCCCCC1C(CC(=O)O)NC(=O)C1OC(C)(C)OCC1(C)C. The monoisotopic (exact) mass is 581 g/mol. The fourth-order valence-corrected chi connectivity index (χ4v) is 6.11. The number of carboxylic acid groups (broad SMARTS) is 1. The van der Waals surface area contributed by atoms with E-state index in [9.17, 15) is 19.5 Å². The number of hydrogen-bond acceptors (Lipinski definition) is 5. The summed E-state index contributed by atoms with van der Waals surface area (Å²) in [6.45, 7) is 14.3. The van der Waals surface area contributed by atoms with E-state index in [4.69, 9.17) is 9.47 Å². The number of nitrogens with one attached hydrogen (secondary N) is 3. The van der Waals surface area contributed by atoms with Crippen LogP contribution in [-0.2, 0) is 19.1 Å². The molecule has 1 saturated heterocycles. The number of carboxylic acids is 1. The summed E-state index contributed by atoms with van der Waals surface area (Å²) in [5.74, 6) is -1.65. The lowest BCUT2D eigenvalue weighted by Gasteiger charge is -2.45. The van der Waals surface area contributed by atoms with Gasteiger partial charge in [0.05, 0.1) is 13.0 Å². The minimum Gasteiger partial charge on any atom is -0.481 e. The van der Waals surface area contributed by atoms with Gasteiger partial charge in [-0.1, -0.05) is 85.5 Å².